The third kappa shape index (κ3) is 4.47. The molecule has 0 aromatic heterocycles. The maximum absolute atomic E-state index is 11.6. The van der Waals surface area contributed by atoms with Gasteiger partial charge >= 0.3 is 0 Å². The Morgan fingerprint density at radius 1 is 1.56 bits per heavy atom. The molecule has 0 radical (unpaired) electrons. The first-order valence-electron chi connectivity index (χ1n) is 5.97. The van der Waals surface area contributed by atoms with Crippen molar-refractivity contribution in [3.63, 3.8) is 0 Å². The van der Waals surface area contributed by atoms with Crippen LogP contribution in [-0.4, -0.2) is 56.7 Å². The molecule has 0 saturated heterocycles. The van der Waals surface area contributed by atoms with E-state index in [1.165, 1.54) is 19.3 Å². The van der Waals surface area contributed by atoms with Gasteiger partial charge in [-0.2, -0.15) is 0 Å². The first-order chi connectivity index (χ1) is 7.77. The lowest BCUT2D eigenvalue weighted by Gasteiger charge is -2.36. The van der Waals surface area contributed by atoms with Crippen LogP contribution in [0.3, 0.4) is 0 Å². The highest BCUT2D eigenvalue weighted by Gasteiger charge is 2.25. The van der Waals surface area contributed by atoms with E-state index in [1.54, 1.807) is 7.11 Å². The summed E-state index contributed by atoms with van der Waals surface area (Å²) in [6, 6.07) is 0.566. The number of amides is 1. The molecule has 0 atom stereocenters. The maximum Gasteiger partial charge on any atom is 0.234 e. The molecule has 0 bridgehead atoms. The number of carbonyl (C=O) groups is 1. The van der Waals surface area contributed by atoms with E-state index in [9.17, 15) is 4.79 Å². The predicted molar refractivity (Wildman–Crippen MR) is 63.2 cm³/mol. The van der Waals surface area contributed by atoms with Gasteiger partial charge in [-0.05, 0) is 12.8 Å². The van der Waals surface area contributed by atoms with Gasteiger partial charge in [0.15, 0.2) is 0 Å². The summed E-state index contributed by atoms with van der Waals surface area (Å²) in [5.41, 5.74) is 5.55. The zero-order chi connectivity index (χ0) is 11.8. The van der Waals surface area contributed by atoms with Crippen LogP contribution >= 0.6 is 0 Å². The van der Waals surface area contributed by atoms with Crippen LogP contribution < -0.4 is 11.1 Å². The van der Waals surface area contributed by atoms with E-state index in [-0.39, 0.29) is 5.91 Å². The number of nitrogens with one attached hydrogen (secondary N) is 1. The summed E-state index contributed by atoms with van der Waals surface area (Å²) < 4.78 is 4.88. The average molecular weight is 229 g/mol. The Morgan fingerprint density at radius 3 is 2.81 bits per heavy atom. The van der Waals surface area contributed by atoms with Crippen LogP contribution in [0, 0.1) is 0 Å². The summed E-state index contributed by atoms with van der Waals surface area (Å²) in [7, 11) is 1.63. The summed E-state index contributed by atoms with van der Waals surface area (Å²) in [4.78, 5) is 13.8. The fourth-order valence-corrected chi connectivity index (χ4v) is 1.84. The van der Waals surface area contributed by atoms with Gasteiger partial charge in [0, 0.05) is 32.8 Å². The van der Waals surface area contributed by atoms with Crippen LogP contribution in [0.25, 0.3) is 0 Å². The van der Waals surface area contributed by atoms with Crippen molar-refractivity contribution in [3.05, 3.63) is 0 Å². The van der Waals surface area contributed by atoms with Gasteiger partial charge in [-0.25, -0.2) is 0 Å². The van der Waals surface area contributed by atoms with Crippen molar-refractivity contribution in [1.82, 2.24) is 10.2 Å². The van der Waals surface area contributed by atoms with Crippen molar-refractivity contribution in [3.8, 4) is 0 Å². The highest BCUT2D eigenvalue weighted by atomic mass is 16.5. The van der Waals surface area contributed by atoms with Crippen molar-refractivity contribution in [2.45, 2.75) is 25.3 Å². The zero-order valence-electron chi connectivity index (χ0n) is 10.1. The molecule has 5 heteroatoms. The molecule has 94 valence electrons. The molecule has 1 aliphatic carbocycles. The van der Waals surface area contributed by atoms with Gasteiger partial charge in [0.1, 0.15) is 0 Å². The Labute approximate surface area is 97.3 Å². The number of hydrogen-bond acceptors (Lipinski definition) is 4. The average Bonchev–Trinajstić information content (AvgIpc) is 2.15. The van der Waals surface area contributed by atoms with Crippen molar-refractivity contribution < 1.29 is 9.53 Å². The molecular formula is C11H23N3O2. The third-order valence-electron chi connectivity index (χ3n) is 2.98. The van der Waals surface area contributed by atoms with Crippen molar-refractivity contribution >= 4 is 5.91 Å². The summed E-state index contributed by atoms with van der Waals surface area (Å²) in [5, 5.41) is 2.83. The second-order valence-corrected chi connectivity index (χ2v) is 4.19. The fourth-order valence-electron chi connectivity index (χ4n) is 1.84. The van der Waals surface area contributed by atoms with Crippen LogP contribution in [0.2, 0.25) is 0 Å². The van der Waals surface area contributed by atoms with Crippen LogP contribution in [0.5, 0.6) is 0 Å². The highest BCUT2D eigenvalue weighted by Crippen LogP contribution is 2.23. The SMILES string of the molecule is COCCNC(=O)CN(CCN)C1CCC1. The first-order valence-corrected chi connectivity index (χ1v) is 5.97. The summed E-state index contributed by atoms with van der Waals surface area (Å²) in [5.74, 6) is 0.0670. The number of rotatable bonds is 8. The zero-order valence-corrected chi connectivity index (χ0v) is 10.1. The highest BCUT2D eigenvalue weighted by molar-refractivity contribution is 5.78. The fraction of sp³-hybridized carbons (Fsp3) is 0.909. The minimum atomic E-state index is 0.0670. The van der Waals surface area contributed by atoms with Gasteiger partial charge in [-0.15, -0.1) is 0 Å². The summed E-state index contributed by atoms with van der Waals surface area (Å²) in [6.45, 7) is 3.03. The molecule has 0 heterocycles. The molecule has 0 spiro atoms. The molecule has 0 unspecified atom stereocenters. The number of hydrogen-bond donors (Lipinski definition) is 2. The molecule has 1 amide bonds. The lowest BCUT2D eigenvalue weighted by molar-refractivity contribution is -0.123. The van der Waals surface area contributed by atoms with E-state index in [2.05, 4.69) is 10.2 Å². The monoisotopic (exact) mass is 229 g/mol. The molecule has 5 nitrogen and oxygen atoms in total. The van der Waals surface area contributed by atoms with Crippen LogP contribution in [-0.2, 0) is 9.53 Å². The molecule has 1 aliphatic rings. The summed E-state index contributed by atoms with van der Waals surface area (Å²) in [6.07, 6.45) is 3.67. The Bertz CT molecular complexity index is 207. The first kappa shape index (κ1) is 13.4. The normalized spacial score (nSPS) is 16.2. The third-order valence-corrected chi connectivity index (χ3v) is 2.98. The molecule has 16 heavy (non-hydrogen) atoms. The molecule has 0 aromatic rings. The Hall–Kier alpha value is -0.650. The van der Waals surface area contributed by atoms with Gasteiger partial charge in [-0.3, -0.25) is 9.69 Å². The van der Waals surface area contributed by atoms with Crippen LogP contribution in [0.4, 0.5) is 0 Å². The van der Waals surface area contributed by atoms with Gasteiger partial charge in [0.25, 0.3) is 0 Å². The van der Waals surface area contributed by atoms with E-state index in [1.807, 2.05) is 0 Å². The van der Waals surface area contributed by atoms with E-state index < -0.39 is 0 Å². The largest absolute Gasteiger partial charge is 0.383 e. The van der Waals surface area contributed by atoms with Gasteiger partial charge in [-0.1, -0.05) is 6.42 Å². The van der Waals surface area contributed by atoms with E-state index >= 15 is 0 Å². The summed E-state index contributed by atoms with van der Waals surface area (Å²) >= 11 is 0. The Kier molecular flexibility index (Phi) is 6.37. The number of nitrogens with zero attached hydrogens (tertiary/aromatic N) is 1. The number of methoxy groups -OCH3 is 1. The van der Waals surface area contributed by atoms with Crippen molar-refractivity contribution in [2.75, 3.05) is 39.9 Å². The second-order valence-electron chi connectivity index (χ2n) is 4.19. The minimum absolute atomic E-state index is 0.0670. The molecular weight excluding hydrogens is 206 g/mol. The molecule has 1 saturated carbocycles. The van der Waals surface area contributed by atoms with Crippen LogP contribution in [0.15, 0.2) is 0 Å². The smallest absolute Gasteiger partial charge is 0.234 e. The number of carbonyl (C=O) groups excluding carboxylic acids is 1. The van der Waals surface area contributed by atoms with Crippen LogP contribution in [0.1, 0.15) is 19.3 Å². The molecule has 0 aromatic carbocycles. The Balaban J connectivity index is 2.21. The molecule has 1 fully saturated rings. The second kappa shape index (κ2) is 7.60. The van der Waals surface area contributed by atoms with Crippen molar-refractivity contribution in [1.29, 1.82) is 0 Å². The van der Waals surface area contributed by atoms with Gasteiger partial charge in [0.05, 0.1) is 13.2 Å². The van der Waals surface area contributed by atoms with Gasteiger partial charge < -0.3 is 15.8 Å². The predicted octanol–water partition coefficient (Wildman–Crippen LogP) is -0.438. The maximum atomic E-state index is 11.6. The number of ether oxygens (including phenoxy) is 1. The molecule has 1 rings (SSSR count). The van der Waals surface area contributed by atoms with E-state index in [0.29, 0.717) is 32.3 Å². The lowest BCUT2D eigenvalue weighted by Crippen LogP contribution is -2.48. The quantitative estimate of drug-likeness (QED) is 0.554. The van der Waals surface area contributed by atoms with Gasteiger partial charge in [0.2, 0.25) is 5.91 Å². The lowest BCUT2D eigenvalue weighted by atomic mass is 9.91. The topological polar surface area (TPSA) is 67.6 Å². The molecule has 3 N–H and O–H groups in total. The van der Waals surface area contributed by atoms with Crippen molar-refractivity contribution in [2.24, 2.45) is 5.73 Å². The molecule has 0 aliphatic heterocycles. The van der Waals surface area contributed by atoms with E-state index in [4.69, 9.17) is 10.5 Å². The minimum Gasteiger partial charge on any atom is -0.383 e. The number of nitrogens with two attached hydrogens (primary N) is 1. The Morgan fingerprint density at radius 2 is 2.31 bits per heavy atom. The standard InChI is InChI=1S/C11H23N3O2/c1-16-8-6-13-11(15)9-14(7-5-12)10-3-2-4-10/h10H,2-9,12H2,1H3,(H,13,15). The van der Waals surface area contributed by atoms with E-state index in [0.717, 1.165) is 6.54 Å².